The normalized spacial score (nSPS) is 18.9. The molecule has 0 aromatic heterocycles. The van der Waals surface area contributed by atoms with Gasteiger partial charge >= 0.3 is 12.2 Å². The zero-order chi connectivity index (χ0) is 14.4. The third-order valence-corrected chi connectivity index (χ3v) is 3.34. The molecule has 1 heterocycles. The fourth-order valence-corrected chi connectivity index (χ4v) is 2.04. The van der Waals surface area contributed by atoms with Gasteiger partial charge in [0.2, 0.25) is 0 Å². The number of halogens is 3. The van der Waals surface area contributed by atoms with Gasteiger partial charge in [-0.1, -0.05) is 0 Å². The SMILES string of the molecule is COCCNC(=O)NCC1(C(F)(F)F)CCNCC1. The predicted octanol–water partition coefficient (Wildman–Crippen LogP) is 0.864. The first kappa shape index (κ1) is 16.0. The summed E-state index contributed by atoms with van der Waals surface area (Å²) in [6.45, 7) is 0.820. The Bertz CT molecular complexity index is 291. The molecular weight excluding hydrogens is 263 g/mol. The number of hydrogen-bond donors (Lipinski definition) is 3. The van der Waals surface area contributed by atoms with Gasteiger partial charge in [-0.2, -0.15) is 13.2 Å². The number of alkyl halides is 3. The Morgan fingerprint density at radius 3 is 2.47 bits per heavy atom. The lowest BCUT2D eigenvalue weighted by Crippen LogP contribution is -2.54. The van der Waals surface area contributed by atoms with Crippen LogP contribution in [0.2, 0.25) is 0 Å². The number of methoxy groups -OCH3 is 1. The van der Waals surface area contributed by atoms with E-state index >= 15 is 0 Å². The Hall–Kier alpha value is -1.02. The van der Waals surface area contributed by atoms with E-state index in [4.69, 9.17) is 4.74 Å². The lowest BCUT2D eigenvalue weighted by Gasteiger charge is -2.39. The summed E-state index contributed by atoms with van der Waals surface area (Å²) in [6, 6.07) is -0.598. The van der Waals surface area contributed by atoms with Gasteiger partial charge in [0.25, 0.3) is 0 Å². The highest BCUT2D eigenvalue weighted by Gasteiger charge is 2.54. The van der Waals surface area contributed by atoms with Crippen molar-refractivity contribution >= 4 is 6.03 Å². The first-order valence-electron chi connectivity index (χ1n) is 6.19. The van der Waals surface area contributed by atoms with Gasteiger partial charge in [0, 0.05) is 20.2 Å². The van der Waals surface area contributed by atoms with Crippen LogP contribution in [0.1, 0.15) is 12.8 Å². The maximum atomic E-state index is 13.1. The number of carbonyl (C=O) groups excluding carboxylic acids is 1. The van der Waals surface area contributed by atoms with Crippen molar-refractivity contribution in [2.24, 2.45) is 5.41 Å². The zero-order valence-electron chi connectivity index (χ0n) is 10.9. The molecule has 0 saturated carbocycles. The summed E-state index contributed by atoms with van der Waals surface area (Å²) in [5.74, 6) is 0. The predicted molar refractivity (Wildman–Crippen MR) is 63.9 cm³/mol. The molecule has 0 radical (unpaired) electrons. The number of carbonyl (C=O) groups is 1. The minimum absolute atomic E-state index is 0.0190. The average molecular weight is 283 g/mol. The molecule has 0 aliphatic carbocycles. The number of ether oxygens (including phenoxy) is 1. The molecule has 1 rings (SSSR count). The fraction of sp³-hybridized carbons (Fsp3) is 0.909. The third kappa shape index (κ3) is 4.54. The molecule has 0 spiro atoms. The molecule has 5 nitrogen and oxygen atoms in total. The highest BCUT2D eigenvalue weighted by atomic mass is 19.4. The number of piperidine rings is 1. The lowest BCUT2D eigenvalue weighted by atomic mass is 9.78. The van der Waals surface area contributed by atoms with Crippen molar-refractivity contribution in [1.29, 1.82) is 0 Å². The van der Waals surface area contributed by atoms with E-state index in [9.17, 15) is 18.0 Å². The standard InChI is InChI=1S/C11H20F3N3O2/c1-19-7-6-16-9(18)17-8-10(11(12,13)14)2-4-15-5-3-10/h15H,2-8H2,1H3,(H2,16,17,18). The lowest BCUT2D eigenvalue weighted by molar-refractivity contribution is -0.229. The van der Waals surface area contributed by atoms with Gasteiger partial charge in [0.05, 0.1) is 12.0 Å². The second-order valence-electron chi connectivity index (χ2n) is 4.63. The minimum atomic E-state index is -4.31. The number of hydrogen-bond acceptors (Lipinski definition) is 3. The Morgan fingerprint density at radius 1 is 1.32 bits per heavy atom. The van der Waals surface area contributed by atoms with Crippen molar-refractivity contribution in [3.8, 4) is 0 Å². The maximum absolute atomic E-state index is 13.1. The summed E-state index contributed by atoms with van der Waals surface area (Å²) >= 11 is 0. The maximum Gasteiger partial charge on any atom is 0.396 e. The van der Waals surface area contributed by atoms with Gasteiger partial charge in [0.15, 0.2) is 0 Å². The van der Waals surface area contributed by atoms with Crippen LogP contribution in [0, 0.1) is 5.41 Å². The van der Waals surface area contributed by atoms with Crippen LogP contribution in [0.4, 0.5) is 18.0 Å². The summed E-state index contributed by atoms with van der Waals surface area (Å²) in [4.78, 5) is 11.4. The fourth-order valence-electron chi connectivity index (χ4n) is 2.04. The van der Waals surface area contributed by atoms with E-state index in [-0.39, 0.29) is 19.4 Å². The van der Waals surface area contributed by atoms with Crippen LogP contribution >= 0.6 is 0 Å². The molecule has 0 aromatic rings. The minimum Gasteiger partial charge on any atom is -0.383 e. The molecule has 19 heavy (non-hydrogen) atoms. The van der Waals surface area contributed by atoms with Crippen molar-refractivity contribution in [3.05, 3.63) is 0 Å². The van der Waals surface area contributed by atoms with Crippen molar-refractivity contribution in [2.45, 2.75) is 19.0 Å². The Balaban J connectivity index is 2.48. The molecule has 2 amide bonds. The van der Waals surface area contributed by atoms with Crippen molar-refractivity contribution in [3.63, 3.8) is 0 Å². The topological polar surface area (TPSA) is 62.4 Å². The van der Waals surface area contributed by atoms with E-state index in [1.54, 1.807) is 0 Å². The Labute approximate surface area is 110 Å². The molecule has 0 aromatic carbocycles. The van der Waals surface area contributed by atoms with Crippen molar-refractivity contribution in [1.82, 2.24) is 16.0 Å². The van der Waals surface area contributed by atoms with Gasteiger partial charge in [-0.15, -0.1) is 0 Å². The molecular formula is C11H20F3N3O2. The van der Waals surface area contributed by atoms with Gasteiger partial charge in [0.1, 0.15) is 0 Å². The molecule has 3 N–H and O–H groups in total. The zero-order valence-corrected chi connectivity index (χ0v) is 10.9. The summed E-state index contributed by atoms with van der Waals surface area (Å²) in [6.07, 6.45) is -4.35. The summed E-state index contributed by atoms with van der Waals surface area (Å²) in [5, 5.41) is 7.64. The molecule has 8 heteroatoms. The highest BCUT2D eigenvalue weighted by Crippen LogP contribution is 2.44. The van der Waals surface area contributed by atoms with Gasteiger partial charge < -0.3 is 20.7 Å². The van der Waals surface area contributed by atoms with Crippen LogP contribution in [0.25, 0.3) is 0 Å². The first-order chi connectivity index (χ1) is 8.91. The van der Waals surface area contributed by atoms with Gasteiger partial charge in [-0.25, -0.2) is 4.79 Å². The summed E-state index contributed by atoms with van der Waals surface area (Å²) < 4.78 is 44.1. The van der Waals surface area contributed by atoms with Gasteiger partial charge in [-0.3, -0.25) is 0 Å². The summed E-state index contributed by atoms with van der Waals surface area (Å²) in [5.41, 5.74) is -1.82. The molecule has 0 unspecified atom stereocenters. The number of rotatable bonds is 5. The largest absolute Gasteiger partial charge is 0.396 e. The second-order valence-corrected chi connectivity index (χ2v) is 4.63. The third-order valence-electron chi connectivity index (χ3n) is 3.34. The Kier molecular flexibility index (Phi) is 5.86. The van der Waals surface area contributed by atoms with Crippen molar-refractivity contribution < 1.29 is 22.7 Å². The van der Waals surface area contributed by atoms with E-state index in [2.05, 4.69) is 16.0 Å². The van der Waals surface area contributed by atoms with Gasteiger partial charge in [-0.05, 0) is 25.9 Å². The van der Waals surface area contributed by atoms with E-state index in [1.807, 2.05) is 0 Å². The first-order valence-corrected chi connectivity index (χ1v) is 6.19. The molecule has 1 aliphatic rings. The van der Waals surface area contributed by atoms with Crippen LogP contribution in [0.3, 0.4) is 0 Å². The van der Waals surface area contributed by atoms with E-state index < -0.39 is 24.2 Å². The second kappa shape index (κ2) is 6.95. The number of nitrogens with one attached hydrogen (secondary N) is 3. The van der Waals surface area contributed by atoms with Crippen molar-refractivity contribution in [2.75, 3.05) is 39.9 Å². The molecule has 1 saturated heterocycles. The monoisotopic (exact) mass is 283 g/mol. The molecule has 1 aliphatic heterocycles. The van der Waals surface area contributed by atoms with Crippen LogP contribution in [0.15, 0.2) is 0 Å². The smallest absolute Gasteiger partial charge is 0.383 e. The summed E-state index contributed by atoms with van der Waals surface area (Å²) in [7, 11) is 1.48. The van der Waals surface area contributed by atoms with Crippen LogP contribution in [-0.2, 0) is 4.74 Å². The van der Waals surface area contributed by atoms with E-state index in [1.165, 1.54) is 7.11 Å². The highest BCUT2D eigenvalue weighted by molar-refractivity contribution is 5.73. The quantitative estimate of drug-likeness (QED) is 0.656. The Morgan fingerprint density at radius 2 is 1.95 bits per heavy atom. The van der Waals surface area contributed by atoms with E-state index in [0.29, 0.717) is 19.7 Å². The number of urea groups is 1. The molecule has 0 bridgehead atoms. The van der Waals surface area contributed by atoms with Crippen LogP contribution in [0.5, 0.6) is 0 Å². The number of amides is 2. The average Bonchev–Trinajstić information content (AvgIpc) is 2.36. The molecule has 1 fully saturated rings. The van der Waals surface area contributed by atoms with Crippen LogP contribution in [-0.4, -0.2) is 52.1 Å². The van der Waals surface area contributed by atoms with Crippen LogP contribution < -0.4 is 16.0 Å². The van der Waals surface area contributed by atoms with E-state index in [0.717, 1.165) is 0 Å². The molecule has 112 valence electrons. The molecule has 0 atom stereocenters.